The van der Waals surface area contributed by atoms with Crippen molar-refractivity contribution in [2.75, 3.05) is 42.9 Å². The van der Waals surface area contributed by atoms with Crippen LogP contribution in [0.4, 0.5) is 16.8 Å². The number of benzene rings is 1. The summed E-state index contributed by atoms with van der Waals surface area (Å²) in [6.45, 7) is 9.42. The van der Waals surface area contributed by atoms with Gasteiger partial charge in [0.05, 0.1) is 4.88 Å². The van der Waals surface area contributed by atoms with Crippen molar-refractivity contribution in [2.45, 2.75) is 13.8 Å². The molecule has 27 heavy (non-hydrogen) atoms. The second-order valence-corrected chi connectivity index (χ2v) is 7.63. The lowest BCUT2D eigenvalue weighted by atomic mass is 10.2. The summed E-state index contributed by atoms with van der Waals surface area (Å²) < 4.78 is 0. The Bertz CT molecular complexity index is 886. The van der Waals surface area contributed by atoms with Crippen LogP contribution in [0.25, 0.3) is 10.4 Å². The SMILES string of the molecule is CCN1CCN(c2cc(Nc3ncc(-c4ccccc4)s3)nc(C)n2)CC1. The molecular formula is C20H24N6S. The van der Waals surface area contributed by atoms with Gasteiger partial charge in [-0.15, -0.1) is 0 Å². The van der Waals surface area contributed by atoms with Crippen molar-refractivity contribution in [3.63, 3.8) is 0 Å². The molecule has 4 rings (SSSR count). The third-order valence-corrected chi connectivity index (χ3v) is 5.73. The van der Waals surface area contributed by atoms with E-state index in [0.29, 0.717) is 0 Å². The van der Waals surface area contributed by atoms with Crippen LogP contribution in [0.3, 0.4) is 0 Å². The Morgan fingerprint density at radius 3 is 2.59 bits per heavy atom. The summed E-state index contributed by atoms with van der Waals surface area (Å²) in [5.41, 5.74) is 1.18. The van der Waals surface area contributed by atoms with Crippen LogP contribution >= 0.6 is 11.3 Å². The normalized spacial score (nSPS) is 15.1. The third-order valence-electron chi connectivity index (χ3n) is 4.77. The molecule has 0 radical (unpaired) electrons. The lowest BCUT2D eigenvalue weighted by Gasteiger charge is -2.34. The predicted molar refractivity (Wildman–Crippen MR) is 112 cm³/mol. The molecule has 0 saturated carbocycles. The Morgan fingerprint density at radius 1 is 1.07 bits per heavy atom. The third kappa shape index (κ3) is 4.26. The number of hydrogen-bond acceptors (Lipinski definition) is 7. The molecule has 0 bridgehead atoms. The van der Waals surface area contributed by atoms with Crippen LogP contribution in [0, 0.1) is 6.92 Å². The Kier molecular flexibility index (Phi) is 5.31. The van der Waals surface area contributed by atoms with Crippen LogP contribution in [0.1, 0.15) is 12.7 Å². The zero-order valence-corrected chi connectivity index (χ0v) is 16.5. The second kappa shape index (κ2) is 8.02. The number of aromatic nitrogens is 3. The number of anilines is 3. The molecule has 140 valence electrons. The van der Waals surface area contributed by atoms with Crippen LogP contribution in [-0.4, -0.2) is 52.6 Å². The highest BCUT2D eigenvalue weighted by Crippen LogP contribution is 2.30. The van der Waals surface area contributed by atoms with Crippen molar-refractivity contribution in [1.29, 1.82) is 0 Å². The molecule has 3 heterocycles. The number of rotatable bonds is 5. The van der Waals surface area contributed by atoms with Crippen LogP contribution in [-0.2, 0) is 0 Å². The zero-order chi connectivity index (χ0) is 18.6. The quantitative estimate of drug-likeness (QED) is 0.727. The standard InChI is InChI=1S/C20H24N6S/c1-3-25-9-11-26(12-10-25)19-13-18(22-15(2)23-19)24-20-21-14-17(27-20)16-7-5-4-6-8-16/h4-8,13-14H,3,9-12H2,1-2H3,(H,21,22,23,24). The average Bonchev–Trinajstić information content (AvgIpc) is 3.17. The van der Waals surface area contributed by atoms with Gasteiger partial charge in [-0.3, -0.25) is 0 Å². The molecule has 7 heteroatoms. The molecular weight excluding hydrogens is 356 g/mol. The molecule has 0 amide bonds. The molecule has 1 aliphatic rings. The highest BCUT2D eigenvalue weighted by atomic mass is 32.1. The summed E-state index contributed by atoms with van der Waals surface area (Å²) in [6, 6.07) is 12.3. The van der Waals surface area contributed by atoms with Gasteiger partial charge >= 0.3 is 0 Å². The van der Waals surface area contributed by atoms with Gasteiger partial charge < -0.3 is 15.1 Å². The average molecular weight is 381 g/mol. The summed E-state index contributed by atoms with van der Waals surface area (Å²) in [5.74, 6) is 2.55. The first-order chi connectivity index (χ1) is 13.2. The molecule has 0 unspecified atom stereocenters. The highest BCUT2D eigenvalue weighted by Gasteiger charge is 2.18. The largest absolute Gasteiger partial charge is 0.354 e. The summed E-state index contributed by atoms with van der Waals surface area (Å²) >= 11 is 1.63. The number of thiazole rings is 1. The molecule has 1 aliphatic heterocycles. The van der Waals surface area contributed by atoms with Crippen molar-refractivity contribution in [1.82, 2.24) is 19.9 Å². The summed E-state index contributed by atoms with van der Waals surface area (Å²) in [4.78, 5) is 19.6. The van der Waals surface area contributed by atoms with Gasteiger partial charge in [-0.05, 0) is 19.0 Å². The molecule has 1 N–H and O–H groups in total. The first-order valence-corrected chi connectivity index (χ1v) is 10.1. The number of hydrogen-bond donors (Lipinski definition) is 1. The van der Waals surface area contributed by atoms with E-state index in [1.807, 2.05) is 37.4 Å². The Hall–Kier alpha value is -2.51. The molecule has 3 aromatic rings. The fourth-order valence-electron chi connectivity index (χ4n) is 3.25. The Balaban J connectivity index is 1.50. The predicted octanol–water partition coefficient (Wildman–Crippen LogP) is 3.79. The summed E-state index contributed by atoms with van der Waals surface area (Å²) in [7, 11) is 0. The number of piperazine rings is 1. The van der Waals surface area contributed by atoms with E-state index in [2.05, 4.69) is 49.1 Å². The maximum atomic E-state index is 4.64. The van der Waals surface area contributed by atoms with E-state index in [-0.39, 0.29) is 0 Å². The van der Waals surface area contributed by atoms with Crippen molar-refractivity contribution in [3.8, 4) is 10.4 Å². The first kappa shape index (κ1) is 17.9. The van der Waals surface area contributed by atoms with Gasteiger partial charge in [0.15, 0.2) is 5.13 Å². The number of nitrogens with one attached hydrogen (secondary N) is 1. The summed E-state index contributed by atoms with van der Waals surface area (Å²) in [5, 5.41) is 4.19. The maximum absolute atomic E-state index is 4.64. The number of aryl methyl sites for hydroxylation is 1. The number of likely N-dealkylation sites (N-methyl/N-ethyl adjacent to an activating group) is 1. The molecule has 6 nitrogen and oxygen atoms in total. The van der Waals surface area contributed by atoms with E-state index >= 15 is 0 Å². The molecule has 1 fully saturated rings. The molecule has 0 atom stereocenters. The molecule has 1 aromatic carbocycles. The van der Waals surface area contributed by atoms with E-state index < -0.39 is 0 Å². The van der Waals surface area contributed by atoms with Gasteiger partial charge in [0, 0.05) is 38.4 Å². The topological polar surface area (TPSA) is 57.2 Å². The summed E-state index contributed by atoms with van der Waals surface area (Å²) in [6.07, 6.45) is 1.90. The van der Waals surface area contributed by atoms with Crippen molar-refractivity contribution >= 4 is 28.1 Å². The van der Waals surface area contributed by atoms with Crippen LogP contribution in [0.15, 0.2) is 42.6 Å². The Morgan fingerprint density at radius 2 is 1.85 bits per heavy atom. The minimum atomic E-state index is 0.771. The van der Waals surface area contributed by atoms with E-state index in [9.17, 15) is 0 Å². The zero-order valence-electron chi connectivity index (χ0n) is 15.7. The monoisotopic (exact) mass is 380 g/mol. The smallest absolute Gasteiger partial charge is 0.188 e. The van der Waals surface area contributed by atoms with Gasteiger partial charge in [-0.25, -0.2) is 15.0 Å². The molecule has 2 aromatic heterocycles. The van der Waals surface area contributed by atoms with Gasteiger partial charge in [-0.2, -0.15) is 0 Å². The van der Waals surface area contributed by atoms with Gasteiger partial charge in [-0.1, -0.05) is 48.6 Å². The van der Waals surface area contributed by atoms with Crippen LogP contribution in [0.2, 0.25) is 0 Å². The molecule has 0 aliphatic carbocycles. The Labute approximate surface area is 163 Å². The van der Waals surface area contributed by atoms with E-state index in [1.165, 1.54) is 5.56 Å². The van der Waals surface area contributed by atoms with Crippen molar-refractivity contribution in [2.24, 2.45) is 0 Å². The van der Waals surface area contributed by atoms with Crippen LogP contribution in [0.5, 0.6) is 0 Å². The van der Waals surface area contributed by atoms with E-state index in [4.69, 9.17) is 0 Å². The molecule has 0 spiro atoms. The fraction of sp³-hybridized carbons (Fsp3) is 0.350. The number of nitrogens with zero attached hydrogens (tertiary/aromatic N) is 5. The molecule has 1 saturated heterocycles. The maximum Gasteiger partial charge on any atom is 0.188 e. The second-order valence-electron chi connectivity index (χ2n) is 6.60. The van der Waals surface area contributed by atoms with Crippen molar-refractivity contribution in [3.05, 3.63) is 48.4 Å². The highest BCUT2D eigenvalue weighted by molar-refractivity contribution is 7.18. The lowest BCUT2D eigenvalue weighted by molar-refractivity contribution is 0.270. The first-order valence-electron chi connectivity index (χ1n) is 9.32. The van der Waals surface area contributed by atoms with E-state index in [0.717, 1.165) is 60.2 Å². The van der Waals surface area contributed by atoms with Gasteiger partial charge in [0.2, 0.25) is 0 Å². The lowest BCUT2D eigenvalue weighted by Crippen LogP contribution is -2.46. The minimum absolute atomic E-state index is 0.771. The van der Waals surface area contributed by atoms with Gasteiger partial charge in [0.25, 0.3) is 0 Å². The fourth-order valence-corrected chi connectivity index (χ4v) is 4.08. The van der Waals surface area contributed by atoms with E-state index in [1.54, 1.807) is 11.3 Å². The van der Waals surface area contributed by atoms with Crippen molar-refractivity contribution < 1.29 is 0 Å². The van der Waals surface area contributed by atoms with Crippen LogP contribution < -0.4 is 10.2 Å². The van der Waals surface area contributed by atoms with Gasteiger partial charge in [0.1, 0.15) is 17.5 Å². The minimum Gasteiger partial charge on any atom is -0.354 e.